The molecule has 5 nitrogen and oxygen atoms in total. The highest BCUT2D eigenvalue weighted by Gasteiger charge is 2.32. The Hall–Kier alpha value is -3.29. The standard InChI is InChI=1S/C23H23F3N2O3/c1-5-30-21(29)18-14-20(22(2,3)4)28(27-18)16-10-8-9-15(13-16)17-11-6-7-12-19(17)31-23(24,25)26/h6-14H,5H2,1-4H3. The number of hydrogen-bond acceptors (Lipinski definition) is 4. The Kier molecular flexibility index (Phi) is 6.10. The minimum atomic E-state index is -4.80. The lowest BCUT2D eigenvalue weighted by molar-refractivity contribution is -0.274. The van der Waals surface area contributed by atoms with Gasteiger partial charge in [0.25, 0.3) is 0 Å². The maximum Gasteiger partial charge on any atom is 0.573 e. The molecule has 0 radical (unpaired) electrons. The van der Waals surface area contributed by atoms with Crippen molar-refractivity contribution in [1.29, 1.82) is 0 Å². The van der Waals surface area contributed by atoms with Crippen molar-refractivity contribution in [1.82, 2.24) is 9.78 Å². The zero-order valence-electron chi connectivity index (χ0n) is 17.7. The first-order valence-corrected chi connectivity index (χ1v) is 9.73. The molecule has 0 unspecified atom stereocenters. The van der Waals surface area contributed by atoms with E-state index in [0.29, 0.717) is 11.3 Å². The zero-order valence-corrected chi connectivity index (χ0v) is 17.7. The normalized spacial score (nSPS) is 12.0. The second-order valence-electron chi connectivity index (χ2n) is 7.89. The van der Waals surface area contributed by atoms with Gasteiger partial charge >= 0.3 is 12.3 Å². The molecule has 8 heteroatoms. The van der Waals surface area contributed by atoms with Crippen LogP contribution in [-0.4, -0.2) is 28.7 Å². The van der Waals surface area contributed by atoms with Gasteiger partial charge in [0.05, 0.1) is 18.0 Å². The van der Waals surface area contributed by atoms with Gasteiger partial charge in [0.15, 0.2) is 5.69 Å². The number of carbonyl (C=O) groups is 1. The Labute approximate surface area is 178 Å². The van der Waals surface area contributed by atoms with Gasteiger partial charge in [-0.25, -0.2) is 9.48 Å². The Morgan fingerprint density at radius 3 is 2.39 bits per heavy atom. The molecule has 0 N–H and O–H groups in total. The van der Waals surface area contributed by atoms with Crippen molar-refractivity contribution in [2.75, 3.05) is 6.61 Å². The fourth-order valence-electron chi connectivity index (χ4n) is 3.14. The van der Waals surface area contributed by atoms with E-state index in [0.717, 1.165) is 5.69 Å². The monoisotopic (exact) mass is 432 g/mol. The molecule has 0 saturated heterocycles. The van der Waals surface area contributed by atoms with Gasteiger partial charge in [0.2, 0.25) is 0 Å². The van der Waals surface area contributed by atoms with Crippen LogP contribution in [-0.2, 0) is 10.2 Å². The number of carbonyl (C=O) groups excluding carboxylic acids is 1. The van der Waals surface area contributed by atoms with Crippen molar-refractivity contribution in [3.05, 3.63) is 66.0 Å². The van der Waals surface area contributed by atoms with Crippen LogP contribution in [0.4, 0.5) is 13.2 Å². The van der Waals surface area contributed by atoms with E-state index in [9.17, 15) is 18.0 Å². The predicted molar refractivity (Wildman–Crippen MR) is 110 cm³/mol. The first kappa shape index (κ1) is 22.4. The highest BCUT2D eigenvalue weighted by atomic mass is 19.4. The van der Waals surface area contributed by atoms with Gasteiger partial charge in [-0.15, -0.1) is 13.2 Å². The first-order chi connectivity index (χ1) is 14.5. The lowest BCUT2D eigenvalue weighted by atomic mass is 9.91. The van der Waals surface area contributed by atoms with Crippen molar-refractivity contribution < 1.29 is 27.4 Å². The molecule has 0 atom stereocenters. The van der Waals surface area contributed by atoms with Crippen LogP contribution >= 0.6 is 0 Å². The quantitative estimate of drug-likeness (QED) is 0.470. The largest absolute Gasteiger partial charge is 0.573 e. The number of para-hydroxylation sites is 1. The zero-order chi connectivity index (χ0) is 22.8. The van der Waals surface area contributed by atoms with E-state index in [1.807, 2.05) is 20.8 Å². The molecular weight excluding hydrogens is 409 g/mol. The summed E-state index contributed by atoms with van der Waals surface area (Å²) >= 11 is 0. The van der Waals surface area contributed by atoms with Gasteiger partial charge in [-0.1, -0.05) is 51.1 Å². The average Bonchev–Trinajstić information content (AvgIpc) is 3.14. The van der Waals surface area contributed by atoms with Crippen LogP contribution in [0, 0.1) is 0 Å². The van der Waals surface area contributed by atoms with Crippen molar-refractivity contribution in [3.8, 4) is 22.6 Å². The summed E-state index contributed by atoms with van der Waals surface area (Å²) in [5.41, 5.74) is 1.97. The number of benzene rings is 2. The summed E-state index contributed by atoms with van der Waals surface area (Å²) in [4.78, 5) is 12.2. The minimum absolute atomic E-state index is 0.165. The second kappa shape index (κ2) is 8.45. The third-order valence-electron chi connectivity index (χ3n) is 4.48. The molecule has 0 aliphatic heterocycles. The summed E-state index contributed by atoms with van der Waals surface area (Å²) in [6.45, 7) is 7.87. The molecule has 0 saturated carbocycles. The van der Waals surface area contributed by atoms with E-state index in [-0.39, 0.29) is 29.0 Å². The van der Waals surface area contributed by atoms with E-state index >= 15 is 0 Å². The van der Waals surface area contributed by atoms with E-state index in [2.05, 4.69) is 9.84 Å². The van der Waals surface area contributed by atoms with Gasteiger partial charge in [0.1, 0.15) is 5.75 Å². The lowest BCUT2D eigenvalue weighted by Gasteiger charge is -2.20. The molecule has 0 bridgehead atoms. The molecule has 31 heavy (non-hydrogen) atoms. The fraction of sp³-hybridized carbons (Fsp3) is 0.304. The van der Waals surface area contributed by atoms with E-state index in [1.54, 1.807) is 54.1 Å². The number of esters is 1. The summed E-state index contributed by atoms with van der Waals surface area (Å²) in [5.74, 6) is -0.831. The SMILES string of the molecule is CCOC(=O)c1cc(C(C)(C)C)n(-c2cccc(-c3ccccc3OC(F)(F)F)c2)n1. The predicted octanol–water partition coefficient (Wildman–Crippen LogP) is 5.91. The van der Waals surface area contributed by atoms with Crippen LogP contribution in [0.3, 0.4) is 0 Å². The van der Waals surface area contributed by atoms with E-state index in [4.69, 9.17) is 4.74 Å². The number of alkyl halides is 3. The first-order valence-electron chi connectivity index (χ1n) is 9.73. The maximum atomic E-state index is 12.8. The Balaban J connectivity index is 2.10. The molecule has 3 rings (SSSR count). The highest BCUT2D eigenvalue weighted by Crippen LogP contribution is 2.35. The molecule has 2 aromatic carbocycles. The fourth-order valence-corrected chi connectivity index (χ4v) is 3.14. The maximum absolute atomic E-state index is 12.8. The van der Waals surface area contributed by atoms with Crippen molar-refractivity contribution in [2.45, 2.75) is 39.5 Å². The van der Waals surface area contributed by atoms with Crippen LogP contribution < -0.4 is 4.74 Å². The number of aromatic nitrogens is 2. The van der Waals surface area contributed by atoms with Gasteiger partial charge in [-0.3, -0.25) is 0 Å². The number of ether oxygens (including phenoxy) is 2. The summed E-state index contributed by atoms with van der Waals surface area (Å²) in [5, 5.41) is 4.41. The molecule has 1 aromatic heterocycles. The Morgan fingerprint density at radius 1 is 1.03 bits per heavy atom. The average molecular weight is 432 g/mol. The molecule has 0 fully saturated rings. The molecule has 0 aliphatic carbocycles. The Bertz CT molecular complexity index is 1080. The Morgan fingerprint density at radius 2 is 1.74 bits per heavy atom. The van der Waals surface area contributed by atoms with Gasteiger partial charge in [-0.05, 0) is 36.8 Å². The highest BCUT2D eigenvalue weighted by molar-refractivity contribution is 5.87. The number of nitrogens with zero attached hydrogens (tertiary/aromatic N) is 2. The van der Waals surface area contributed by atoms with Crippen LogP contribution in [0.25, 0.3) is 16.8 Å². The smallest absolute Gasteiger partial charge is 0.461 e. The second-order valence-corrected chi connectivity index (χ2v) is 7.89. The molecule has 0 amide bonds. The molecule has 164 valence electrons. The van der Waals surface area contributed by atoms with Crippen LogP contribution in [0.1, 0.15) is 43.9 Å². The molecule has 0 spiro atoms. The topological polar surface area (TPSA) is 53.4 Å². The minimum Gasteiger partial charge on any atom is -0.461 e. The van der Waals surface area contributed by atoms with Crippen molar-refractivity contribution in [2.24, 2.45) is 0 Å². The molecular formula is C23H23F3N2O3. The summed E-state index contributed by atoms with van der Waals surface area (Å²) < 4.78 is 49.3. The summed E-state index contributed by atoms with van der Waals surface area (Å²) in [6, 6.07) is 14.5. The molecule has 1 heterocycles. The summed E-state index contributed by atoms with van der Waals surface area (Å²) in [6.07, 6.45) is -4.80. The number of hydrogen-bond donors (Lipinski definition) is 0. The van der Waals surface area contributed by atoms with E-state index in [1.165, 1.54) is 12.1 Å². The van der Waals surface area contributed by atoms with Crippen LogP contribution in [0.15, 0.2) is 54.6 Å². The van der Waals surface area contributed by atoms with Gasteiger partial charge < -0.3 is 9.47 Å². The molecule has 0 aliphatic rings. The number of halogens is 3. The van der Waals surface area contributed by atoms with Crippen molar-refractivity contribution in [3.63, 3.8) is 0 Å². The third kappa shape index (κ3) is 5.25. The lowest BCUT2D eigenvalue weighted by Crippen LogP contribution is -2.18. The van der Waals surface area contributed by atoms with E-state index < -0.39 is 12.3 Å². The summed E-state index contributed by atoms with van der Waals surface area (Å²) in [7, 11) is 0. The van der Waals surface area contributed by atoms with Gasteiger partial charge in [0, 0.05) is 11.0 Å². The van der Waals surface area contributed by atoms with Gasteiger partial charge in [-0.2, -0.15) is 5.10 Å². The number of rotatable bonds is 5. The molecule has 3 aromatic rings. The third-order valence-corrected chi connectivity index (χ3v) is 4.48. The van der Waals surface area contributed by atoms with Crippen LogP contribution in [0.5, 0.6) is 5.75 Å². The van der Waals surface area contributed by atoms with Crippen LogP contribution in [0.2, 0.25) is 0 Å². The van der Waals surface area contributed by atoms with Crippen molar-refractivity contribution >= 4 is 5.97 Å².